The number of pyridine rings is 2. The third kappa shape index (κ3) is 8.43. The Hall–Kier alpha value is -5.70. The number of nitrogens with zero attached hydrogens (tertiary/aromatic N) is 7. The zero-order valence-corrected chi connectivity index (χ0v) is 37.3. The molecule has 4 heterocycles. The van der Waals surface area contributed by atoms with Crippen molar-refractivity contribution in [1.82, 2.24) is 19.8 Å². The minimum Gasteiger partial charge on any atom is -0.378 e. The fourth-order valence-corrected chi connectivity index (χ4v) is 11.6. The highest BCUT2D eigenvalue weighted by molar-refractivity contribution is 8.16. The number of hydrogen-bond donors (Lipinski definition) is 2. The lowest BCUT2D eigenvalue weighted by atomic mass is 9.84. The minimum absolute atomic E-state index is 0.0668. The summed E-state index contributed by atoms with van der Waals surface area (Å²) in [5, 5.41) is 0.870. The number of rotatable bonds is 8. The standard InChI is InChI=1S/C23H21F2N5OS.C22H21ClF2N4OS/c1-22(19-11-23(19,20(31)30(3)4)32-21(26)29-22)15-9-13(5-7-16(15)24)10-17(25)18-8-6-14(27-2)12-28-18;1-21(18-10-22(18,19(30)29(2)3)31-20(26)28-21)14-8-12(4-6-15(14)24)9-16(25)17-7-5-13(23)11-27-17/h5-10,12,19H,11H2,1,3-4H3,(H2,26,29);4-9,11,18H,10H2,1-3H3,(H2,26,28)/b17-10-;16-9-/t19-,22+,23-;18-,21+,22-/m00/s1. The Morgan fingerprint density at radius 2 is 1.17 bits per heavy atom. The Kier molecular flexibility index (Phi) is 12.1. The Morgan fingerprint density at radius 1 is 0.746 bits per heavy atom. The fourth-order valence-electron chi connectivity index (χ4n) is 8.46. The molecule has 4 N–H and O–H groups in total. The summed E-state index contributed by atoms with van der Waals surface area (Å²) in [6, 6.07) is 14.5. The fraction of sp³-hybridized carbons (Fsp3) is 0.311. The molecule has 2 amide bonds. The highest BCUT2D eigenvalue weighted by atomic mass is 35.5. The summed E-state index contributed by atoms with van der Waals surface area (Å²) in [6.45, 7) is 10.5. The van der Waals surface area contributed by atoms with Crippen LogP contribution in [0.3, 0.4) is 0 Å². The van der Waals surface area contributed by atoms with Gasteiger partial charge in [-0.2, -0.15) is 0 Å². The van der Waals surface area contributed by atoms with E-state index < -0.39 is 43.9 Å². The maximum Gasteiger partial charge on any atom is 0.239 e. The number of aliphatic imine (C=N–C) groups is 2. The van der Waals surface area contributed by atoms with Gasteiger partial charge in [-0.1, -0.05) is 53.3 Å². The van der Waals surface area contributed by atoms with E-state index in [0.29, 0.717) is 34.7 Å². The number of halogens is 5. The Morgan fingerprint density at radius 3 is 1.54 bits per heavy atom. The van der Waals surface area contributed by atoms with Crippen LogP contribution in [0.2, 0.25) is 5.02 Å². The van der Waals surface area contributed by atoms with Crippen molar-refractivity contribution in [1.29, 1.82) is 0 Å². The van der Waals surface area contributed by atoms with Crippen LogP contribution >= 0.6 is 35.1 Å². The molecule has 6 atom stereocenters. The lowest BCUT2D eigenvalue weighted by Crippen LogP contribution is -2.43. The Labute approximate surface area is 375 Å². The first-order valence-electron chi connectivity index (χ1n) is 19.5. The normalized spacial score (nSPS) is 27.0. The highest BCUT2D eigenvalue weighted by Crippen LogP contribution is 2.67. The molecular formula is C45H42ClF4N9O2S2. The van der Waals surface area contributed by atoms with Crippen LogP contribution < -0.4 is 11.5 Å². The summed E-state index contributed by atoms with van der Waals surface area (Å²) in [5.41, 5.74) is 12.0. The van der Waals surface area contributed by atoms with E-state index in [1.54, 1.807) is 60.2 Å². The smallest absolute Gasteiger partial charge is 0.239 e. The van der Waals surface area contributed by atoms with E-state index in [4.69, 9.17) is 29.6 Å². The van der Waals surface area contributed by atoms with Crippen molar-refractivity contribution >= 4 is 86.8 Å². The number of amidine groups is 2. The first-order valence-corrected chi connectivity index (χ1v) is 21.5. The van der Waals surface area contributed by atoms with Crippen LogP contribution in [-0.2, 0) is 20.7 Å². The SMILES string of the molecule is CN(C)C(=O)[C@]12C[C@H]1[C@@](C)(c1cc(/C=C(\F)c3ccc(Cl)cn3)ccc1F)N=C(N)S2.[C-]#[N+]c1ccc(/C(F)=C/c2ccc(F)c([C@@]3(C)N=C(N)S[C@@]4(C(=O)N(C)C)C[C@H]43)c2)nc1. The van der Waals surface area contributed by atoms with Gasteiger partial charge in [-0.3, -0.25) is 29.5 Å². The van der Waals surface area contributed by atoms with Crippen molar-refractivity contribution in [2.75, 3.05) is 28.2 Å². The lowest BCUT2D eigenvalue weighted by molar-refractivity contribution is -0.130. The summed E-state index contributed by atoms with van der Waals surface area (Å²) in [6.07, 6.45) is 6.24. The van der Waals surface area contributed by atoms with E-state index in [2.05, 4.69) is 24.8 Å². The van der Waals surface area contributed by atoms with Gasteiger partial charge in [-0.05, 0) is 92.4 Å². The molecule has 0 unspecified atom stereocenters. The molecule has 4 aromatic rings. The van der Waals surface area contributed by atoms with Gasteiger partial charge >= 0.3 is 0 Å². The zero-order chi connectivity index (χ0) is 45.8. The van der Waals surface area contributed by atoms with Crippen LogP contribution in [0.25, 0.3) is 28.7 Å². The van der Waals surface area contributed by atoms with E-state index in [-0.39, 0.29) is 56.5 Å². The van der Waals surface area contributed by atoms with Crippen LogP contribution in [0.5, 0.6) is 0 Å². The molecule has 0 radical (unpaired) electrons. The van der Waals surface area contributed by atoms with Crippen LogP contribution in [0.15, 0.2) is 83.0 Å². The minimum atomic E-state index is -1.05. The van der Waals surface area contributed by atoms with E-state index in [0.717, 1.165) is 0 Å². The van der Waals surface area contributed by atoms with E-state index >= 15 is 0 Å². The molecule has 2 fully saturated rings. The van der Waals surface area contributed by atoms with Crippen molar-refractivity contribution in [3.8, 4) is 0 Å². The molecule has 18 heteroatoms. The molecular weight excluding hydrogens is 874 g/mol. The number of thioether (sulfide) groups is 2. The van der Waals surface area contributed by atoms with Crippen LogP contribution in [0, 0.1) is 30.0 Å². The molecule has 4 aliphatic rings. The quantitative estimate of drug-likeness (QED) is 0.132. The van der Waals surface area contributed by atoms with Gasteiger partial charge in [0.05, 0.1) is 34.1 Å². The van der Waals surface area contributed by atoms with Crippen molar-refractivity contribution in [2.45, 2.75) is 47.3 Å². The second-order valence-electron chi connectivity index (χ2n) is 16.4. The third-order valence-electron chi connectivity index (χ3n) is 11.7. The maximum absolute atomic E-state index is 15.0. The second-order valence-corrected chi connectivity index (χ2v) is 19.6. The van der Waals surface area contributed by atoms with Gasteiger partial charge in [0.25, 0.3) is 0 Å². The lowest BCUT2D eigenvalue weighted by Gasteiger charge is -2.34. The summed E-state index contributed by atoms with van der Waals surface area (Å²) in [7, 11) is 6.73. The number of benzene rings is 2. The molecule has 2 aromatic carbocycles. The number of carbonyl (C=O) groups excluding carboxylic acids is 2. The molecule has 326 valence electrons. The summed E-state index contributed by atoms with van der Waals surface area (Å²) >= 11 is 8.27. The van der Waals surface area contributed by atoms with Crippen molar-refractivity contribution in [2.24, 2.45) is 33.3 Å². The molecule has 63 heavy (non-hydrogen) atoms. The molecule has 2 aliphatic heterocycles. The van der Waals surface area contributed by atoms with Crippen LogP contribution in [0.1, 0.15) is 60.3 Å². The number of fused-ring (bicyclic) bond motifs is 2. The van der Waals surface area contributed by atoms with Crippen molar-refractivity contribution < 1.29 is 27.2 Å². The molecule has 2 aromatic heterocycles. The van der Waals surface area contributed by atoms with E-state index in [1.165, 1.54) is 100 Å². The molecule has 0 saturated heterocycles. The monoisotopic (exact) mass is 915 g/mol. The van der Waals surface area contributed by atoms with Crippen molar-refractivity contribution in [3.05, 3.63) is 135 Å². The third-order valence-corrected chi connectivity index (χ3v) is 14.5. The van der Waals surface area contributed by atoms with Gasteiger partial charge in [0.15, 0.2) is 10.3 Å². The topological polar surface area (TPSA) is 148 Å². The molecule has 2 saturated carbocycles. The predicted octanol–water partition coefficient (Wildman–Crippen LogP) is 8.83. The van der Waals surface area contributed by atoms with Gasteiger partial charge in [-0.25, -0.2) is 22.4 Å². The largest absolute Gasteiger partial charge is 0.378 e. The Balaban J connectivity index is 0.000000189. The molecule has 2 aliphatic carbocycles. The average molecular weight is 916 g/mol. The summed E-state index contributed by atoms with van der Waals surface area (Å²) < 4.78 is 57.9. The Bertz CT molecular complexity index is 2690. The van der Waals surface area contributed by atoms with Gasteiger partial charge in [0.2, 0.25) is 17.5 Å². The summed E-state index contributed by atoms with van der Waals surface area (Å²) in [5.74, 6) is -2.76. The number of hydrogen-bond acceptors (Lipinski definition) is 10. The van der Waals surface area contributed by atoms with Gasteiger partial charge in [0, 0.05) is 63.5 Å². The first-order chi connectivity index (χ1) is 29.7. The van der Waals surface area contributed by atoms with Crippen molar-refractivity contribution in [3.63, 3.8) is 0 Å². The molecule has 0 spiro atoms. The second kappa shape index (κ2) is 16.8. The van der Waals surface area contributed by atoms with E-state index in [9.17, 15) is 27.2 Å². The average Bonchev–Trinajstić information content (AvgIpc) is 4.17. The summed E-state index contributed by atoms with van der Waals surface area (Å²) in [4.78, 5) is 48.9. The van der Waals surface area contributed by atoms with Gasteiger partial charge < -0.3 is 21.3 Å². The van der Waals surface area contributed by atoms with E-state index in [1.807, 2.05) is 0 Å². The van der Waals surface area contributed by atoms with Gasteiger partial charge in [-0.15, -0.1) is 0 Å². The van der Waals surface area contributed by atoms with Crippen LogP contribution in [-0.4, -0.2) is 79.6 Å². The molecule has 0 bridgehead atoms. The number of amides is 2. The van der Waals surface area contributed by atoms with Crippen LogP contribution in [0.4, 0.5) is 23.2 Å². The highest BCUT2D eigenvalue weighted by Gasteiger charge is 2.72. The van der Waals surface area contributed by atoms with Gasteiger partial charge in [0.1, 0.15) is 32.8 Å². The zero-order valence-electron chi connectivity index (χ0n) is 35.0. The molecule has 8 rings (SSSR count). The number of carbonyl (C=O) groups is 2. The number of nitrogens with two attached hydrogens (primary N) is 2. The number of aromatic nitrogens is 2. The maximum atomic E-state index is 15.0. The first kappa shape index (κ1) is 45.3. The predicted molar refractivity (Wildman–Crippen MR) is 243 cm³/mol. The molecule has 11 nitrogen and oxygen atoms in total.